The van der Waals surface area contributed by atoms with Gasteiger partial charge < -0.3 is 24.6 Å². The molecule has 7 nitrogen and oxygen atoms in total. The van der Waals surface area contributed by atoms with E-state index >= 15 is 0 Å². The van der Waals surface area contributed by atoms with Gasteiger partial charge in [0, 0.05) is 49.4 Å². The van der Waals surface area contributed by atoms with Crippen LogP contribution in [0, 0.1) is 11.6 Å². The highest BCUT2D eigenvalue weighted by molar-refractivity contribution is 6.31. The third-order valence-corrected chi connectivity index (χ3v) is 8.36. The number of hydrogen-bond acceptors (Lipinski definition) is 5. The molecule has 0 unspecified atom stereocenters. The van der Waals surface area contributed by atoms with E-state index in [2.05, 4.69) is 10.2 Å². The number of rotatable bonds is 8. The zero-order valence-corrected chi connectivity index (χ0v) is 23.4. The fourth-order valence-electron chi connectivity index (χ4n) is 5.62. The predicted octanol–water partition coefficient (Wildman–Crippen LogP) is 5.34. The quantitative estimate of drug-likeness (QED) is 0.368. The first-order chi connectivity index (χ1) is 19.2. The zero-order valence-electron chi connectivity index (χ0n) is 21.8. The van der Waals surface area contributed by atoms with Gasteiger partial charge in [0.25, 0.3) is 5.91 Å². The van der Waals surface area contributed by atoms with Crippen molar-refractivity contribution < 1.29 is 23.4 Å². The number of nitrogens with one attached hydrogen (secondary N) is 1. The van der Waals surface area contributed by atoms with Crippen LogP contribution in [0.2, 0.25) is 10.0 Å². The van der Waals surface area contributed by atoms with Crippen molar-refractivity contribution in [1.29, 1.82) is 0 Å². The second kappa shape index (κ2) is 12.4. The Kier molecular flexibility index (Phi) is 8.95. The topological polar surface area (TPSA) is 83.8 Å². The van der Waals surface area contributed by atoms with Gasteiger partial charge in [0.1, 0.15) is 35.7 Å². The standard InChI is InChI=1S/C29H31Cl2F2N3O4/c30-23-6-5-20(11-25(23)32)40-16-19(37)14-35-9-7-17(8-10-35)34-29(39)22-15-36(18-3-1-2-4-18)27-13-24(31)26(33)12-21(27)28(22)38/h5-6,11-13,15,17-19,37H,1-4,7-10,14,16H2,(H,34,39)/t19-/m1/s1. The van der Waals surface area contributed by atoms with E-state index in [-0.39, 0.29) is 45.4 Å². The van der Waals surface area contributed by atoms with Crippen LogP contribution in [-0.2, 0) is 0 Å². The Morgan fingerprint density at radius 2 is 1.75 bits per heavy atom. The van der Waals surface area contributed by atoms with E-state index < -0.39 is 29.1 Å². The number of benzene rings is 2. The summed E-state index contributed by atoms with van der Waals surface area (Å²) in [4.78, 5) is 28.6. The number of piperidine rings is 1. The van der Waals surface area contributed by atoms with Gasteiger partial charge in [0.05, 0.1) is 15.6 Å². The van der Waals surface area contributed by atoms with Crippen LogP contribution in [0.5, 0.6) is 5.75 Å². The average molecular weight is 594 g/mol. The maximum Gasteiger partial charge on any atom is 0.256 e. The highest BCUT2D eigenvalue weighted by Gasteiger charge is 2.26. The molecule has 2 aromatic carbocycles. The molecule has 5 rings (SSSR count). The first-order valence-corrected chi connectivity index (χ1v) is 14.3. The summed E-state index contributed by atoms with van der Waals surface area (Å²) < 4.78 is 35.3. The minimum Gasteiger partial charge on any atom is -0.491 e. The van der Waals surface area contributed by atoms with Crippen molar-refractivity contribution >= 4 is 40.0 Å². The van der Waals surface area contributed by atoms with Gasteiger partial charge in [0.15, 0.2) is 0 Å². The van der Waals surface area contributed by atoms with Crippen molar-refractivity contribution in [3.63, 3.8) is 0 Å². The molecule has 3 aromatic rings. The lowest BCUT2D eigenvalue weighted by Gasteiger charge is -2.33. The number of carbonyl (C=O) groups excluding carboxylic acids is 1. The molecule has 40 heavy (non-hydrogen) atoms. The van der Waals surface area contributed by atoms with Crippen molar-refractivity contribution in [2.24, 2.45) is 0 Å². The number of β-amino-alcohol motifs (C(OH)–C–C–N with tert-alkyl or cyclic N) is 1. The van der Waals surface area contributed by atoms with Gasteiger partial charge in [-0.2, -0.15) is 0 Å². The molecule has 2 heterocycles. The second-order valence-electron chi connectivity index (χ2n) is 10.6. The number of likely N-dealkylation sites (tertiary alicyclic amines) is 1. The molecule has 2 aliphatic rings. The van der Waals surface area contributed by atoms with E-state index in [1.54, 1.807) is 6.20 Å². The first-order valence-electron chi connectivity index (χ1n) is 13.5. The van der Waals surface area contributed by atoms with Gasteiger partial charge >= 0.3 is 0 Å². The van der Waals surface area contributed by atoms with E-state index in [4.69, 9.17) is 27.9 Å². The van der Waals surface area contributed by atoms with Crippen LogP contribution in [0.3, 0.4) is 0 Å². The number of fused-ring (bicyclic) bond motifs is 1. The Hall–Kier alpha value is -2.72. The fraction of sp³-hybridized carbons (Fsp3) is 0.448. The molecule has 1 saturated heterocycles. The minimum absolute atomic E-state index is 0.00121. The molecule has 1 aromatic heterocycles. The van der Waals surface area contributed by atoms with Gasteiger partial charge in [-0.15, -0.1) is 0 Å². The summed E-state index contributed by atoms with van der Waals surface area (Å²) in [7, 11) is 0. The number of amides is 1. The van der Waals surface area contributed by atoms with Crippen molar-refractivity contribution in [3.8, 4) is 5.75 Å². The number of ether oxygens (including phenoxy) is 1. The minimum atomic E-state index is -0.787. The van der Waals surface area contributed by atoms with Gasteiger partial charge in [-0.05, 0) is 49.9 Å². The highest BCUT2D eigenvalue weighted by atomic mass is 35.5. The maximum absolute atomic E-state index is 14.3. The molecule has 2 N–H and O–H groups in total. The predicted molar refractivity (Wildman–Crippen MR) is 151 cm³/mol. The highest BCUT2D eigenvalue weighted by Crippen LogP contribution is 2.33. The van der Waals surface area contributed by atoms with Crippen LogP contribution < -0.4 is 15.5 Å². The summed E-state index contributed by atoms with van der Waals surface area (Å²) in [6, 6.07) is 6.67. The van der Waals surface area contributed by atoms with Crippen LogP contribution in [-0.4, -0.2) is 58.9 Å². The first kappa shape index (κ1) is 28.8. The molecular formula is C29H31Cl2F2N3O4. The molecule has 1 aliphatic carbocycles. The molecule has 11 heteroatoms. The van der Waals surface area contributed by atoms with Crippen LogP contribution in [0.15, 0.2) is 41.3 Å². The molecule has 1 amide bonds. The van der Waals surface area contributed by atoms with Gasteiger partial charge in [-0.25, -0.2) is 8.78 Å². The lowest BCUT2D eigenvalue weighted by Crippen LogP contribution is -2.47. The molecule has 1 saturated carbocycles. The van der Waals surface area contributed by atoms with Crippen LogP contribution in [0.1, 0.15) is 54.9 Å². The summed E-state index contributed by atoms with van der Waals surface area (Å²) in [5, 5.41) is 13.5. The number of aliphatic hydroxyl groups is 1. The van der Waals surface area contributed by atoms with Crippen molar-refractivity contribution in [2.45, 2.75) is 56.7 Å². The van der Waals surface area contributed by atoms with Crippen molar-refractivity contribution in [2.75, 3.05) is 26.2 Å². The summed E-state index contributed by atoms with van der Waals surface area (Å²) in [6.07, 6.45) is 6.02. The second-order valence-corrected chi connectivity index (χ2v) is 11.4. The van der Waals surface area contributed by atoms with Gasteiger partial charge in [-0.1, -0.05) is 36.0 Å². The third kappa shape index (κ3) is 6.43. The number of pyridine rings is 1. The van der Waals surface area contributed by atoms with Crippen LogP contribution in [0.25, 0.3) is 10.9 Å². The summed E-state index contributed by atoms with van der Waals surface area (Å²) in [5.74, 6) is -1.47. The number of halogens is 4. The lowest BCUT2D eigenvalue weighted by atomic mass is 10.0. The van der Waals surface area contributed by atoms with Crippen LogP contribution >= 0.6 is 23.2 Å². The smallest absolute Gasteiger partial charge is 0.256 e. The summed E-state index contributed by atoms with van der Waals surface area (Å²) >= 11 is 11.7. The van der Waals surface area contributed by atoms with E-state index in [0.29, 0.717) is 38.0 Å². The molecule has 2 fully saturated rings. The molecule has 1 aliphatic heterocycles. The number of carbonyl (C=O) groups is 1. The Morgan fingerprint density at radius 1 is 1.05 bits per heavy atom. The molecule has 1 atom stereocenters. The Morgan fingerprint density at radius 3 is 2.45 bits per heavy atom. The average Bonchev–Trinajstić information content (AvgIpc) is 3.47. The lowest BCUT2D eigenvalue weighted by molar-refractivity contribution is 0.0567. The SMILES string of the molecule is O=C(NC1CCN(C[C@@H](O)COc2ccc(Cl)c(F)c2)CC1)c1cn(C2CCCC2)c2cc(Cl)c(F)cc2c1=O. The van der Waals surface area contributed by atoms with E-state index in [1.807, 2.05) is 4.57 Å². The number of nitrogens with zero attached hydrogens (tertiary/aromatic N) is 2. The van der Waals surface area contributed by atoms with E-state index in [1.165, 1.54) is 24.3 Å². The molecule has 0 radical (unpaired) electrons. The number of aliphatic hydroxyl groups excluding tert-OH is 1. The summed E-state index contributed by atoms with van der Waals surface area (Å²) in [6.45, 7) is 1.62. The summed E-state index contributed by atoms with van der Waals surface area (Å²) in [5.41, 5.74) is 0.0186. The maximum atomic E-state index is 14.3. The van der Waals surface area contributed by atoms with Gasteiger partial charge in [0.2, 0.25) is 5.43 Å². The Balaban J connectivity index is 1.20. The zero-order chi connectivity index (χ0) is 28.4. The molecule has 0 spiro atoms. The Bertz CT molecular complexity index is 1450. The largest absolute Gasteiger partial charge is 0.491 e. The normalized spacial score (nSPS) is 17.8. The van der Waals surface area contributed by atoms with Gasteiger partial charge in [-0.3, -0.25) is 9.59 Å². The van der Waals surface area contributed by atoms with Crippen molar-refractivity contribution in [1.82, 2.24) is 14.8 Å². The van der Waals surface area contributed by atoms with E-state index in [0.717, 1.165) is 31.7 Å². The molecule has 0 bridgehead atoms. The molecule has 214 valence electrons. The van der Waals surface area contributed by atoms with E-state index in [9.17, 15) is 23.5 Å². The molecular weight excluding hydrogens is 563 g/mol. The number of aromatic nitrogens is 1. The third-order valence-electron chi connectivity index (χ3n) is 7.76. The Labute approximate surface area is 240 Å². The van der Waals surface area contributed by atoms with Crippen molar-refractivity contribution in [3.05, 3.63) is 74.0 Å². The number of hydrogen-bond donors (Lipinski definition) is 2. The van der Waals surface area contributed by atoms with Crippen LogP contribution in [0.4, 0.5) is 8.78 Å². The monoisotopic (exact) mass is 593 g/mol. The fourth-order valence-corrected chi connectivity index (χ4v) is 5.90.